The molecule has 2 rings (SSSR count). The number of carboxylic acids is 1. The lowest BCUT2D eigenvalue weighted by Crippen LogP contribution is -2.41. The van der Waals surface area contributed by atoms with E-state index in [-0.39, 0.29) is 49.3 Å². The topological polar surface area (TPSA) is 87.2 Å². The van der Waals surface area contributed by atoms with Crippen LogP contribution in [0.2, 0.25) is 0 Å². The fraction of sp³-hybridized carbons (Fsp3) is 0.444. The number of nitrogens with zero attached hydrogens (tertiary/aromatic N) is 2. The number of benzene rings is 2. The minimum atomic E-state index is -0.941. The lowest BCUT2D eigenvalue weighted by molar-refractivity contribution is -0.147. The van der Waals surface area contributed by atoms with Crippen molar-refractivity contribution in [1.29, 1.82) is 0 Å². The Morgan fingerprint density at radius 2 is 1.57 bits per heavy atom. The van der Waals surface area contributed by atoms with Gasteiger partial charge in [0.1, 0.15) is 6.61 Å². The number of carbonyl (C=O) groups excluding carboxylic acids is 2. The third-order valence-corrected chi connectivity index (χ3v) is 5.95. The maximum Gasteiger partial charge on any atom is 0.335 e. The van der Waals surface area contributed by atoms with E-state index in [1.165, 1.54) is 0 Å². The summed E-state index contributed by atoms with van der Waals surface area (Å²) in [5.41, 5.74) is 2.12. The molecule has 0 radical (unpaired) electrons. The van der Waals surface area contributed by atoms with Crippen molar-refractivity contribution < 1.29 is 24.2 Å². The predicted octanol–water partition coefficient (Wildman–Crippen LogP) is 4.78. The fourth-order valence-electron chi connectivity index (χ4n) is 3.85. The summed E-state index contributed by atoms with van der Waals surface area (Å²) in [6, 6.07) is 16.7. The molecule has 0 fully saturated rings. The molecule has 0 aliphatic rings. The third kappa shape index (κ3) is 10.5. The maximum absolute atomic E-state index is 12.6. The Bertz CT molecular complexity index is 934. The number of likely N-dealkylation sites (N-methyl/N-ethyl adjacent to an activating group) is 1. The standard InChI is InChI=1S/C27H36N2O5.ClH/c1-4-24(5-2)29(19-22-12-9-13-23(18-22)27(32)33)17-16-28(3)25(30)14-15-26(31)34-20-21-10-7-6-8-11-21;/h6-13,18,24H,4-5,14-17,19-20H2,1-3H3,(H,32,33);1H. The van der Waals surface area contributed by atoms with Gasteiger partial charge in [-0.2, -0.15) is 0 Å². The number of hydrogen-bond acceptors (Lipinski definition) is 5. The summed E-state index contributed by atoms with van der Waals surface area (Å²) in [5, 5.41) is 9.27. The van der Waals surface area contributed by atoms with Crippen LogP contribution in [0.25, 0.3) is 0 Å². The van der Waals surface area contributed by atoms with Crippen molar-refractivity contribution in [3.8, 4) is 0 Å². The van der Waals surface area contributed by atoms with Crippen molar-refractivity contribution in [3.63, 3.8) is 0 Å². The number of halogens is 1. The van der Waals surface area contributed by atoms with E-state index in [2.05, 4.69) is 18.7 Å². The summed E-state index contributed by atoms with van der Waals surface area (Å²) in [5.74, 6) is -1.43. The Kier molecular flexibility index (Phi) is 13.7. The lowest BCUT2D eigenvalue weighted by Gasteiger charge is -2.32. The van der Waals surface area contributed by atoms with Crippen LogP contribution in [-0.4, -0.2) is 58.9 Å². The van der Waals surface area contributed by atoms with Gasteiger partial charge in [0.25, 0.3) is 0 Å². The highest BCUT2D eigenvalue weighted by Crippen LogP contribution is 2.15. The summed E-state index contributed by atoms with van der Waals surface area (Å²) in [4.78, 5) is 39.8. The zero-order valence-electron chi connectivity index (χ0n) is 20.8. The summed E-state index contributed by atoms with van der Waals surface area (Å²) >= 11 is 0. The van der Waals surface area contributed by atoms with E-state index in [1.54, 1.807) is 30.1 Å². The van der Waals surface area contributed by atoms with Gasteiger partial charge in [-0.15, -0.1) is 12.4 Å². The third-order valence-electron chi connectivity index (χ3n) is 5.95. The van der Waals surface area contributed by atoms with Crippen molar-refractivity contribution in [1.82, 2.24) is 9.80 Å². The van der Waals surface area contributed by atoms with Gasteiger partial charge in [0.05, 0.1) is 12.0 Å². The quantitative estimate of drug-likeness (QED) is 0.372. The van der Waals surface area contributed by atoms with Crippen molar-refractivity contribution in [2.75, 3.05) is 20.1 Å². The summed E-state index contributed by atoms with van der Waals surface area (Å²) < 4.78 is 5.25. The molecular weight excluding hydrogens is 468 g/mol. The van der Waals surface area contributed by atoms with Gasteiger partial charge in [0, 0.05) is 39.1 Å². The highest BCUT2D eigenvalue weighted by Gasteiger charge is 2.19. The van der Waals surface area contributed by atoms with Gasteiger partial charge in [-0.05, 0) is 36.1 Å². The molecular formula is C27H37ClN2O5. The molecule has 2 aromatic rings. The number of ether oxygens (including phenoxy) is 1. The van der Waals surface area contributed by atoms with Gasteiger partial charge in [0.2, 0.25) is 5.91 Å². The molecule has 35 heavy (non-hydrogen) atoms. The Morgan fingerprint density at radius 1 is 0.914 bits per heavy atom. The number of esters is 1. The number of amides is 1. The highest BCUT2D eigenvalue weighted by atomic mass is 35.5. The minimum absolute atomic E-state index is 0. The molecule has 1 amide bonds. The van der Waals surface area contributed by atoms with Gasteiger partial charge in [-0.3, -0.25) is 14.5 Å². The van der Waals surface area contributed by atoms with Gasteiger partial charge in [-0.1, -0.05) is 56.3 Å². The number of carboxylic acid groups (broad SMARTS) is 1. The maximum atomic E-state index is 12.6. The Balaban J connectivity index is 0.00000612. The number of hydrogen-bond donors (Lipinski definition) is 1. The first-order chi connectivity index (χ1) is 16.3. The average Bonchev–Trinajstić information content (AvgIpc) is 2.85. The molecule has 0 atom stereocenters. The highest BCUT2D eigenvalue weighted by molar-refractivity contribution is 5.87. The van der Waals surface area contributed by atoms with Crippen molar-refractivity contribution in [3.05, 3.63) is 71.3 Å². The summed E-state index contributed by atoms with van der Waals surface area (Å²) in [6.07, 6.45) is 2.07. The molecule has 2 aromatic carbocycles. The number of aromatic carboxylic acids is 1. The first-order valence-corrected chi connectivity index (χ1v) is 11.8. The molecule has 0 aliphatic carbocycles. The molecule has 192 valence electrons. The number of rotatable bonds is 14. The van der Waals surface area contributed by atoms with E-state index in [9.17, 15) is 19.5 Å². The van der Waals surface area contributed by atoms with E-state index < -0.39 is 5.97 Å². The molecule has 7 nitrogen and oxygen atoms in total. The van der Waals surface area contributed by atoms with Crippen LogP contribution in [0, 0.1) is 0 Å². The van der Waals surface area contributed by atoms with E-state index in [0.29, 0.717) is 25.7 Å². The zero-order valence-corrected chi connectivity index (χ0v) is 21.6. The second-order valence-electron chi connectivity index (χ2n) is 8.41. The fourth-order valence-corrected chi connectivity index (χ4v) is 3.85. The second kappa shape index (κ2) is 15.9. The van der Waals surface area contributed by atoms with Crippen LogP contribution in [0.1, 0.15) is 61.0 Å². The van der Waals surface area contributed by atoms with Crippen molar-refractivity contribution in [2.24, 2.45) is 0 Å². The molecule has 0 aliphatic heterocycles. The minimum Gasteiger partial charge on any atom is -0.478 e. The molecule has 0 heterocycles. The van der Waals surface area contributed by atoms with Crippen LogP contribution >= 0.6 is 12.4 Å². The van der Waals surface area contributed by atoms with E-state index in [1.807, 2.05) is 36.4 Å². The van der Waals surface area contributed by atoms with Crippen LogP contribution in [0.4, 0.5) is 0 Å². The van der Waals surface area contributed by atoms with Crippen LogP contribution in [-0.2, 0) is 27.5 Å². The monoisotopic (exact) mass is 504 g/mol. The van der Waals surface area contributed by atoms with Crippen molar-refractivity contribution >= 4 is 30.3 Å². The van der Waals surface area contributed by atoms with Crippen LogP contribution < -0.4 is 0 Å². The Morgan fingerprint density at radius 3 is 2.20 bits per heavy atom. The van der Waals surface area contributed by atoms with Gasteiger partial charge < -0.3 is 14.7 Å². The van der Waals surface area contributed by atoms with Crippen LogP contribution in [0.5, 0.6) is 0 Å². The lowest BCUT2D eigenvalue weighted by atomic mass is 10.1. The van der Waals surface area contributed by atoms with E-state index >= 15 is 0 Å². The molecule has 1 N–H and O–H groups in total. The average molecular weight is 505 g/mol. The normalized spacial score (nSPS) is 10.7. The van der Waals surface area contributed by atoms with Crippen LogP contribution in [0.3, 0.4) is 0 Å². The molecule has 0 saturated heterocycles. The van der Waals surface area contributed by atoms with E-state index in [0.717, 1.165) is 24.0 Å². The van der Waals surface area contributed by atoms with Gasteiger partial charge in [0.15, 0.2) is 0 Å². The van der Waals surface area contributed by atoms with Crippen molar-refractivity contribution in [2.45, 2.75) is 58.7 Å². The van der Waals surface area contributed by atoms with Crippen LogP contribution in [0.15, 0.2) is 54.6 Å². The van der Waals surface area contributed by atoms with Gasteiger partial charge in [-0.25, -0.2) is 4.79 Å². The molecule has 0 unspecified atom stereocenters. The molecule has 0 saturated carbocycles. The molecule has 0 aromatic heterocycles. The zero-order chi connectivity index (χ0) is 24.9. The van der Waals surface area contributed by atoms with Gasteiger partial charge >= 0.3 is 11.9 Å². The first-order valence-electron chi connectivity index (χ1n) is 11.8. The Labute approximate surface area is 214 Å². The summed E-state index contributed by atoms with van der Waals surface area (Å²) in [6.45, 7) is 6.26. The largest absolute Gasteiger partial charge is 0.478 e. The van der Waals surface area contributed by atoms with E-state index in [4.69, 9.17) is 4.74 Å². The Hall–Kier alpha value is -2.90. The smallest absolute Gasteiger partial charge is 0.335 e. The SMILES string of the molecule is CCC(CC)N(CCN(C)C(=O)CCC(=O)OCc1ccccc1)Cc1cccc(C(=O)O)c1.Cl. The molecule has 0 spiro atoms. The second-order valence-corrected chi connectivity index (χ2v) is 8.41. The molecule has 8 heteroatoms. The first kappa shape index (κ1) is 30.1. The predicted molar refractivity (Wildman–Crippen MR) is 139 cm³/mol. The molecule has 0 bridgehead atoms. The number of carbonyl (C=O) groups is 3. The summed E-state index contributed by atoms with van der Waals surface area (Å²) in [7, 11) is 1.74.